The van der Waals surface area contributed by atoms with Gasteiger partial charge in [0.05, 0.1) is 0 Å². The summed E-state index contributed by atoms with van der Waals surface area (Å²) in [6.07, 6.45) is 8.01. The van der Waals surface area contributed by atoms with E-state index in [1.54, 1.807) is 6.08 Å². The number of benzene rings is 1. The van der Waals surface area contributed by atoms with Crippen LogP contribution in [0.5, 0.6) is 0 Å². The van der Waals surface area contributed by atoms with Crippen molar-refractivity contribution < 1.29 is 4.79 Å². The molecule has 17 heavy (non-hydrogen) atoms. The first-order valence-corrected chi connectivity index (χ1v) is 6.35. The van der Waals surface area contributed by atoms with Crippen molar-refractivity contribution >= 4 is 5.91 Å². The number of unbranched alkanes of at least 4 members (excludes halogenated alkanes) is 1. The third-order valence-electron chi connectivity index (χ3n) is 3.12. The van der Waals surface area contributed by atoms with Crippen LogP contribution in [0.25, 0.3) is 0 Å². The summed E-state index contributed by atoms with van der Waals surface area (Å²) >= 11 is 0. The summed E-state index contributed by atoms with van der Waals surface area (Å²) in [4.78, 5) is 13.4. The lowest BCUT2D eigenvalue weighted by molar-refractivity contribution is -0.126. The zero-order chi connectivity index (χ0) is 11.9. The molecule has 0 aliphatic carbocycles. The van der Waals surface area contributed by atoms with Gasteiger partial charge >= 0.3 is 0 Å². The zero-order valence-electron chi connectivity index (χ0n) is 10.1. The Hall–Kier alpha value is -1.57. The molecule has 1 aromatic carbocycles. The Morgan fingerprint density at radius 2 is 1.94 bits per heavy atom. The fourth-order valence-corrected chi connectivity index (χ4v) is 2.13. The van der Waals surface area contributed by atoms with Gasteiger partial charge in [0, 0.05) is 13.1 Å². The maximum Gasteiger partial charge on any atom is 0.246 e. The van der Waals surface area contributed by atoms with Gasteiger partial charge in [0.1, 0.15) is 0 Å². The lowest BCUT2D eigenvalue weighted by atomic mass is 10.1. The van der Waals surface area contributed by atoms with Crippen LogP contribution in [0.3, 0.4) is 0 Å². The summed E-state index contributed by atoms with van der Waals surface area (Å²) in [5.41, 5.74) is 1.39. The van der Waals surface area contributed by atoms with Gasteiger partial charge in [0.2, 0.25) is 5.91 Å². The number of nitrogens with zero attached hydrogens (tertiary/aromatic N) is 1. The number of carbonyl (C=O) groups excluding carboxylic acids is 1. The Balaban J connectivity index is 1.66. The molecule has 0 atom stereocenters. The van der Waals surface area contributed by atoms with Crippen LogP contribution in [0.1, 0.15) is 24.8 Å². The molecule has 2 heteroatoms. The molecule has 0 saturated heterocycles. The molecule has 0 bridgehead atoms. The molecule has 0 spiro atoms. The Morgan fingerprint density at radius 3 is 2.71 bits per heavy atom. The monoisotopic (exact) mass is 229 g/mol. The van der Waals surface area contributed by atoms with Crippen molar-refractivity contribution in [3.63, 3.8) is 0 Å². The quantitative estimate of drug-likeness (QED) is 0.711. The van der Waals surface area contributed by atoms with Crippen LogP contribution in [0, 0.1) is 0 Å². The fourth-order valence-electron chi connectivity index (χ4n) is 2.13. The number of carbonyl (C=O) groups is 1. The Morgan fingerprint density at radius 1 is 1.12 bits per heavy atom. The van der Waals surface area contributed by atoms with Crippen molar-refractivity contribution in [2.45, 2.75) is 25.7 Å². The number of amides is 1. The number of hydrogen-bond donors (Lipinski definition) is 0. The van der Waals surface area contributed by atoms with Crippen LogP contribution in [0.2, 0.25) is 0 Å². The molecule has 1 heterocycles. The predicted molar refractivity (Wildman–Crippen MR) is 69.7 cm³/mol. The van der Waals surface area contributed by atoms with Crippen molar-refractivity contribution in [3.05, 3.63) is 48.0 Å². The maximum absolute atomic E-state index is 11.5. The molecular weight excluding hydrogens is 210 g/mol. The lowest BCUT2D eigenvalue weighted by Crippen LogP contribution is -2.33. The van der Waals surface area contributed by atoms with E-state index < -0.39 is 0 Å². The molecule has 0 unspecified atom stereocenters. The lowest BCUT2D eigenvalue weighted by Gasteiger charge is -2.23. The van der Waals surface area contributed by atoms with E-state index in [-0.39, 0.29) is 5.91 Å². The van der Waals surface area contributed by atoms with Crippen LogP contribution in [0.15, 0.2) is 42.5 Å². The van der Waals surface area contributed by atoms with E-state index in [4.69, 9.17) is 0 Å². The molecule has 0 radical (unpaired) electrons. The average Bonchev–Trinajstić information content (AvgIpc) is 2.38. The van der Waals surface area contributed by atoms with Gasteiger partial charge in [0.25, 0.3) is 0 Å². The molecule has 1 aromatic rings. The highest BCUT2D eigenvalue weighted by Crippen LogP contribution is 2.08. The predicted octanol–water partition coefficient (Wildman–Crippen LogP) is 2.80. The van der Waals surface area contributed by atoms with Gasteiger partial charge in [0.15, 0.2) is 0 Å². The molecule has 0 saturated carbocycles. The molecule has 1 amide bonds. The van der Waals surface area contributed by atoms with E-state index >= 15 is 0 Å². The first-order valence-electron chi connectivity index (χ1n) is 6.35. The molecular formula is C15H19NO. The summed E-state index contributed by atoms with van der Waals surface area (Å²) in [7, 11) is 0. The van der Waals surface area contributed by atoms with E-state index in [0.29, 0.717) is 0 Å². The normalized spacial score (nSPS) is 15.3. The minimum atomic E-state index is 0.177. The SMILES string of the molecule is O=C1C=CCCN1CCCCc1ccccc1. The van der Waals surface area contributed by atoms with Crippen LogP contribution in [-0.4, -0.2) is 23.9 Å². The molecule has 0 N–H and O–H groups in total. The largest absolute Gasteiger partial charge is 0.339 e. The summed E-state index contributed by atoms with van der Waals surface area (Å²) in [6.45, 7) is 1.79. The number of rotatable bonds is 5. The minimum absolute atomic E-state index is 0.177. The minimum Gasteiger partial charge on any atom is -0.339 e. The first kappa shape index (κ1) is 11.9. The van der Waals surface area contributed by atoms with Crippen molar-refractivity contribution in [3.8, 4) is 0 Å². The van der Waals surface area contributed by atoms with Gasteiger partial charge < -0.3 is 4.90 Å². The molecule has 0 aromatic heterocycles. The molecule has 1 aliphatic heterocycles. The third kappa shape index (κ3) is 3.74. The van der Waals surface area contributed by atoms with Gasteiger partial charge in [-0.3, -0.25) is 4.79 Å². The molecule has 1 aliphatic rings. The second kappa shape index (κ2) is 6.24. The molecule has 90 valence electrons. The summed E-state index contributed by atoms with van der Waals surface area (Å²) in [6, 6.07) is 10.5. The van der Waals surface area contributed by atoms with Crippen molar-refractivity contribution in [1.82, 2.24) is 4.90 Å². The van der Waals surface area contributed by atoms with E-state index in [0.717, 1.165) is 38.8 Å². The third-order valence-corrected chi connectivity index (χ3v) is 3.12. The molecule has 0 fully saturated rings. The van der Waals surface area contributed by atoms with Crippen molar-refractivity contribution in [2.75, 3.05) is 13.1 Å². The maximum atomic E-state index is 11.5. The first-order chi connectivity index (χ1) is 8.36. The summed E-state index contributed by atoms with van der Waals surface area (Å²) in [5, 5.41) is 0. The van der Waals surface area contributed by atoms with Crippen molar-refractivity contribution in [1.29, 1.82) is 0 Å². The second-order valence-electron chi connectivity index (χ2n) is 4.46. The topological polar surface area (TPSA) is 20.3 Å². The average molecular weight is 229 g/mol. The molecule has 2 rings (SSSR count). The van der Waals surface area contributed by atoms with Crippen LogP contribution >= 0.6 is 0 Å². The van der Waals surface area contributed by atoms with Crippen LogP contribution in [0.4, 0.5) is 0 Å². The highest BCUT2D eigenvalue weighted by molar-refractivity contribution is 5.88. The zero-order valence-corrected chi connectivity index (χ0v) is 10.1. The summed E-state index contributed by atoms with van der Waals surface area (Å²) in [5.74, 6) is 0.177. The smallest absolute Gasteiger partial charge is 0.246 e. The highest BCUT2D eigenvalue weighted by atomic mass is 16.2. The number of aryl methyl sites for hydroxylation is 1. The highest BCUT2D eigenvalue weighted by Gasteiger charge is 2.12. The fraction of sp³-hybridized carbons (Fsp3) is 0.400. The van der Waals surface area contributed by atoms with Gasteiger partial charge in [-0.15, -0.1) is 0 Å². The van der Waals surface area contributed by atoms with Crippen molar-refractivity contribution in [2.24, 2.45) is 0 Å². The number of hydrogen-bond acceptors (Lipinski definition) is 1. The molecule has 2 nitrogen and oxygen atoms in total. The van der Waals surface area contributed by atoms with Gasteiger partial charge in [-0.1, -0.05) is 36.4 Å². The van der Waals surface area contributed by atoms with Crippen LogP contribution < -0.4 is 0 Å². The van der Waals surface area contributed by atoms with Gasteiger partial charge in [-0.25, -0.2) is 0 Å². The van der Waals surface area contributed by atoms with E-state index in [2.05, 4.69) is 24.3 Å². The van der Waals surface area contributed by atoms with Gasteiger partial charge in [-0.05, 0) is 37.3 Å². The Labute approximate surface area is 103 Å². The van der Waals surface area contributed by atoms with Gasteiger partial charge in [-0.2, -0.15) is 0 Å². The standard InChI is InChI=1S/C15H19NO/c17-15-11-5-7-13-16(15)12-6-4-10-14-8-2-1-3-9-14/h1-3,5,8-9,11H,4,6-7,10,12-13H2. The van der Waals surface area contributed by atoms with Crippen LogP contribution in [-0.2, 0) is 11.2 Å². The summed E-state index contributed by atoms with van der Waals surface area (Å²) < 4.78 is 0. The Kier molecular flexibility index (Phi) is 4.37. The van der Waals surface area contributed by atoms with E-state index in [1.165, 1.54) is 5.56 Å². The van der Waals surface area contributed by atoms with E-state index in [1.807, 2.05) is 17.0 Å². The second-order valence-corrected chi connectivity index (χ2v) is 4.46. The van der Waals surface area contributed by atoms with E-state index in [9.17, 15) is 4.79 Å². The Bertz CT molecular complexity index is 383.